The molecule has 0 aliphatic rings. The molecule has 0 saturated carbocycles. The number of aromatic hydroxyl groups is 1. The molecule has 0 saturated heterocycles. The molecule has 120 valence electrons. The number of halogens is 1. The third-order valence-corrected chi connectivity index (χ3v) is 3.37. The summed E-state index contributed by atoms with van der Waals surface area (Å²) in [6.45, 7) is 2.46. The van der Waals surface area contributed by atoms with Gasteiger partial charge in [-0.3, -0.25) is 15.1 Å². The highest BCUT2D eigenvalue weighted by atomic mass is 35.5. The first-order valence-corrected chi connectivity index (χ1v) is 7.33. The molecule has 2 N–H and O–H groups in total. The van der Waals surface area contributed by atoms with Gasteiger partial charge in [-0.1, -0.05) is 11.6 Å². The quantitative estimate of drug-likeness (QED) is 0.477. The molecule has 2 rings (SSSR count). The lowest BCUT2D eigenvalue weighted by Gasteiger charge is -2.09. The Hall–Kier alpha value is -2.60. The van der Waals surface area contributed by atoms with Crippen LogP contribution in [0.3, 0.4) is 0 Å². The molecule has 0 amide bonds. The number of benzene rings is 2. The van der Waals surface area contributed by atoms with Gasteiger partial charge in [-0.2, -0.15) is 0 Å². The summed E-state index contributed by atoms with van der Waals surface area (Å²) in [7, 11) is 0. The number of aliphatic imine (C=N–C) groups is 1. The molecule has 0 bridgehead atoms. The molecule has 0 aromatic heterocycles. The molecule has 0 fully saturated rings. The van der Waals surface area contributed by atoms with E-state index in [-0.39, 0.29) is 17.5 Å². The second-order valence-corrected chi connectivity index (χ2v) is 5.45. The number of hydrogen-bond acceptors (Lipinski definition) is 5. The number of hydrogen-bond donors (Lipinski definition) is 2. The third-order valence-electron chi connectivity index (χ3n) is 3.14. The molecule has 2 aromatic carbocycles. The van der Waals surface area contributed by atoms with Crippen LogP contribution < -0.4 is 5.32 Å². The molecule has 2 aromatic rings. The smallest absolute Gasteiger partial charge is 0.269 e. The Morgan fingerprint density at radius 3 is 2.70 bits per heavy atom. The first-order chi connectivity index (χ1) is 11.0. The molecular weight excluding hydrogens is 318 g/mol. The van der Waals surface area contributed by atoms with Crippen LogP contribution in [0.2, 0.25) is 5.02 Å². The first-order valence-electron chi connectivity index (χ1n) is 6.95. The van der Waals surface area contributed by atoms with Gasteiger partial charge in [0, 0.05) is 41.2 Å². The fourth-order valence-corrected chi connectivity index (χ4v) is 2.04. The van der Waals surface area contributed by atoms with Gasteiger partial charge in [-0.25, -0.2) is 0 Å². The molecule has 6 nitrogen and oxygen atoms in total. The zero-order valence-electron chi connectivity index (χ0n) is 12.4. The molecule has 1 atom stereocenters. The maximum atomic E-state index is 10.6. The van der Waals surface area contributed by atoms with E-state index in [9.17, 15) is 15.2 Å². The number of nitrogens with zero attached hydrogens (tertiary/aromatic N) is 2. The van der Waals surface area contributed by atoms with E-state index < -0.39 is 4.92 Å². The standard InChI is InChI=1S/C16H16ClN3O3/c1-11(18-10-12-8-13(17)2-7-16(12)21)9-19-14-3-5-15(6-4-14)20(22)23/h2-8,10-11,19,21H,9H2,1H3. The van der Waals surface area contributed by atoms with E-state index in [1.54, 1.807) is 30.5 Å². The summed E-state index contributed by atoms with van der Waals surface area (Å²) in [6.07, 6.45) is 1.57. The van der Waals surface area contributed by atoms with E-state index in [4.69, 9.17) is 11.6 Å². The Morgan fingerprint density at radius 2 is 2.04 bits per heavy atom. The number of rotatable bonds is 6. The van der Waals surface area contributed by atoms with Gasteiger partial charge in [0.15, 0.2) is 0 Å². The predicted molar refractivity (Wildman–Crippen MR) is 91.8 cm³/mol. The second-order valence-electron chi connectivity index (χ2n) is 5.02. The number of non-ortho nitro benzene ring substituents is 1. The van der Waals surface area contributed by atoms with Gasteiger partial charge in [0.2, 0.25) is 0 Å². The first kappa shape index (κ1) is 16.8. The van der Waals surface area contributed by atoms with Gasteiger partial charge in [-0.05, 0) is 37.3 Å². The number of phenols is 1. The Morgan fingerprint density at radius 1 is 1.35 bits per heavy atom. The van der Waals surface area contributed by atoms with Crippen molar-refractivity contribution in [2.45, 2.75) is 13.0 Å². The molecule has 0 radical (unpaired) electrons. The zero-order chi connectivity index (χ0) is 16.8. The summed E-state index contributed by atoms with van der Waals surface area (Å²) in [6, 6.07) is 10.9. The van der Waals surface area contributed by atoms with Crippen molar-refractivity contribution in [1.29, 1.82) is 0 Å². The van der Waals surface area contributed by atoms with Crippen molar-refractivity contribution in [3.8, 4) is 5.75 Å². The van der Waals surface area contributed by atoms with Crippen LogP contribution in [0.1, 0.15) is 12.5 Å². The predicted octanol–water partition coefficient (Wildman–Crippen LogP) is 3.87. The molecular formula is C16H16ClN3O3. The highest BCUT2D eigenvalue weighted by Gasteiger charge is 2.05. The number of phenolic OH excluding ortho intramolecular Hbond substituents is 1. The van der Waals surface area contributed by atoms with Crippen LogP contribution in [0.25, 0.3) is 0 Å². The average Bonchev–Trinajstić information content (AvgIpc) is 2.54. The van der Waals surface area contributed by atoms with Crippen LogP contribution in [-0.2, 0) is 0 Å². The van der Waals surface area contributed by atoms with Crippen molar-refractivity contribution in [1.82, 2.24) is 0 Å². The maximum absolute atomic E-state index is 10.6. The van der Waals surface area contributed by atoms with Crippen LogP contribution in [0.5, 0.6) is 5.75 Å². The summed E-state index contributed by atoms with van der Waals surface area (Å²) in [5, 5.41) is 24.0. The minimum atomic E-state index is -0.436. The van der Waals surface area contributed by atoms with Crippen LogP contribution in [0.4, 0.5) is 11.4 Å². The molecule has 23 heavy (non-hydrogen) atoms. The van der Waals surface area contributed by atoms with E-state index in [0.29, 0.717) is 17.1 Å². The lowest BCUT2D eigenvalue weighted by molar-refractivity contribution is -0.384. The summed E-state index contributed by atoms with van der Waals surface area (Å²) in [5.74, 6) is 0.119. The van der Waals surface area contributed by atoms with Gasteiger partial charge >= 0.3 is 0 Å². The third kappa shape index (κ3) is 4.96. The number of nitro benzene ring substituents is 1. The minimum Gasteiger partial charge on any atom is -0.507 e. The van der Waals surface area contributed by atoms with Crippen molar-refractivity contribution in [3.05, 3.63) is 63.2 Å². The summed E-state index contributed by atoms with van der Waals surface area (Å²) < 4.78 is 0. The molecule has 0 heterocycles. The topological polar surface area (TPSA) is 87.8 Å². The van der Waals surface area contributed by atoms with Crippen LogP contribution >= 0.6 is 11.6 Å². The van der Waals surface area contributed by atoms with Gasteiger partial charge in [0.05, 0.1) is 11.0 Å². The molecule has 0 aliphatic carbocycles. The minimum absolute atomic E-state index is 0.0522. The van der Waals surface area contributed by atoms with E-state index >= 15 is 0 Å². The zero-order valence-corrected chi connectivity index (χ0v) is 13.2. The summed E-state index contributed by atoms with van der Waals surface area (Å²) >= 11 is 5.88. The number of anilines is 1. The molecule has 7 heteroatoms. The lowest BCUT2D eigenvalue weighted by Crippen LogP contribution is -2.14. The molecule has 0 spiro atoms. The number of nitro groups is 1. The highest BCUT2D eigenvalue weighted by Crippen LogP contribution is 2.20. The highest BCUT2D eigenvalue weighted by molar-refractivity contribution is 6.30. The van der Waals surface area contributed by atoms with E-state index in [0.717, 1.165) is 5.69 Å². The fraction of sp³-hybridized carbons (Fsp3) is 0.188. The fourth-order valence-electron chi connectivity index (χ4n) is 1.86. The Balaban J connectivity index is 1.91. The average molecular weight is 334 g/mol. The largest absolute Gasteiger partial charge is 0.507 e. The van der Waals surface area contributed by atoms with Crippen molar-refractivity contribution >= 4 is 29.2 Å². The number of nitrogens with one attached hydrogen (secondary N) is 1. The van der Waals surface area contributed by atoms with Crippen LogP contribution in [0, 0.1) is 10.1 Å². The van der Waals surface area contributed by atoms with Crippen molar-refractivity contribution < 1.29 is 10.0 Å². The second kappa shape index (κ2) is 7.60. The van der Waals surface area contributed by atoms with E-state index in [1.807, 2.05) is 6.92 Å². The molecule has 1 unspecified atom stereocenters. The Kier molecular flexibility index (Phi) is 5.54. The maximum Gasteiger partial charge on any atom is 0.269 e. The normalized spacial score (nSPS) is 12.3. The Labute approximate surface area is 138 Å². The molecule has 0 aliphatic heterocycles. The van der Waals surface area contributed by atoms with E-state index in [2.05, 4.69) is 10.3 Å². The lowest BCUT2D eigenvalue weighted by atomic mass is 10.2. The van der Waals surface area contributed by atoms with Crippen molar-refractivity contribution in [2.24, 2.45) is 4.99 Å². The van der Waals surface area contributed by atoms with Gasteiger partial charge in [0.1, 0.15) is 5.75 Å². The Bertz CT molecular complexity index is 717. The van der Waals surface area contributed by atoms with Gasteiger partial charge in [-0.15, -0.1) is 0 Å². The van der Waals surface area contributed by atoms with E-state index in [1.165, 1.54) is 18.2 Å². The summed E-state index contributed by atoms with van der Waals surface area (Å²) in [5.41, 5.74) is 1.39. The van der Waals surface area contributed by atoms with Crippen molar-refractivity contribution in [3.63, 3.8) is 0 Å². The van der Waals surface area contributed by atoms with Crippen LogP contribution in [0.15, 0.2) is 47.5 Å². The summed E-state index contributed by atoms with van der Waals surface area (Å²) in [4.78, 5) is 14.5. The van der Waals surface area contributed by atoms with Crippen molar-refractivity contribution in [2.75, 3.05) is 11.9 Å². The van der Waals surface area contributed by atoms with Gasteiger partial charge < -0.3 is 10.4 Å². The van der Waals surface area contributed by atoms with Gasteiger partial charge in [0.25, 0.3) is 5.69 Å². The monoisotopic (exact) mass is 333 g/mol. The SMILES string of the molecule is CC(CNc1ccc([N+](=O)[O-])cc1)N=Cc1cc(Cl)ccc1O. The van der Waals surface area contributed by atoms with Crippen LogP contribution in [-0.4, -0.2) is 28.8 Å².